The van der Waals surface area contributed by atoms with Crippen molar-refractivity contribution < 1.29 is 14.3 Å². The number of imidazole rings is 1. The van der Waals surface area contributed by atoms with Crippen molar-refractivity contribution in [2.75, 3.05) is 26.4 Å². The minimum atomic E-state index is 0.0231. The molecule has 1 saturated heterocycles. The number of carbonyl (C=O) groups is 1. The normalized spacial score (nSPS) is 21.5. The van der Waals surface area contributed by atoms with Gasteiger partial charge in [-0.2, -0.15) is 0 Å². The standard InChI is InChI=1S/C16H23N3O3/c1-2-7-21-11-14-15-9-18(5-3-6-19(15)12-17-14)16(20)13-4-8-22-10-13/h2,12-13H,1,3-11H2/t13-/m0/s1. The van der Waals surface area contributed by atoms with E-state index in [-0.39, 0.29) is 11.8 Å². The Morgan fingerprint density at radius 3 is 3.23 bits per heavy atom. The monoisotopic (exact) mass is 305 g/mol. The van der Waals surface area contributed by atoms with E-state index in [9.17, 15) is 4.79 Å². The van der Waals surface area contributed by atoms with Gasteiger partial charge in [-0.3, -0.25) is 4.79 Å². The van der Waals surface area contributed by atoms with Crippen LogP contribution in [0.4, 0.5) is 0 Å². The van der Waals surface area contributed by atoms with E-state index in [1.807, 2.05) is 11.2 Å². The summed E-state index contributed by atoms with van der Waals surface area (Å²) in [4.78, 5) is 19.0. The van der Waals surface area contributed by atoms with Gasteiger partial charge in [0.2, 0.25) is 5.91 Å². The fourth-order valence-corrected chi connectivity index (χ4v) is 3.05. The minimum Gasteiger partial charge on any atom is -0.381 e. The van der Waals surface area contributed by atoms with E-state index in [0.29, 0.717) is 33.0 Å². The van der Waals surface area contributed by atoms with Crippen molar-refractivity contribution in [3.63, 3.8) is 0 Å². The van der Waals surface area contributed by atoms with E-state index in [1.54, 1.807) is 6.08 Å². The van der Waals surface area contributed by atoms with Crippen LogP contribution in [-0.4, -0.2) is 46.7 Å². The lowest BCUT2D eigenvalue weighted by atomic mass is 10.1. The summed E-state index contributed by atoms with van der Waals surface area (Å²) in [5.74, 6) is 0.236. The molecule has 2 aliphatic rings. The fourth-order valence-electron chi connectivity index (χ4n) is 3.05. The molecule has 0 unspecified atom stereocenters. The van der Waals surface area contributed by atoms with Gasteiger partial charge in [0.15, 0.2) is 0 Å². The maximum atomic E-state index is 12.6. The van der Waals surface area contributed by atoms with Crippen LogP contribution in [0.3, 0.4) is 0 Å². The van der Waals surface area contributed by atoms with E-state index >= 15 is 0 Å². The molecule has 3 rings (SSSR count). The van der Waals surface area contributed by atoms with Gasteiger partial charge in [0, 0.05) is 19.7 Å². The lowest BCUT2D eigenvalue weighted by molar-refractivity contribution is -0.136. The van der Waals surface area contributed by atoms with Gasteiger partial charge in [-0.1, -0.05) is 6.08 Å². The lowest BCUT2D eigenvalue weighted by Gasteiger charge is -2.23. The molecular weight excluding hydrogens is 282 g/mol. The number of aryl methyl sites for hydroxylation is 1. The average molecular weight is 305 g/mol. The van der Waals surface area contributed by atoms with Gasteiger partial charge in [-0.15, -0.1) is 6.58 Å². The maximum Gasteiger partial charge on any atom is 0.228 e. The van der Waals surface area contributed by atoms with Crippen molar-refractivity contribution in [2.45, 2.75) is 32.5 Å². The largest absolute Gasteiger partial charge is 0.381 e. The molecule has 0 spiro atoms. The highest BCUT2D eigenvalue weighted by molar-refractivity contribution is 5.79. The highest BCUT2D eigenvalue weighted by Gasteiger charge is 2.30. The molecule has 6 nitrogen and oxygen atoms in total. The predicted molar refractivity (Wildman–Crippen MR) is 81.0 cm³/mol. The quantitative estimate of drug-likeness (QED) is 0.609. The fraction of sp³-hybridized carbons (Fsp3) is 0.625. The van der Waals surface area contributed by atoms with Gasteiger partial charge < -0.3 is 18.9 Å². The maximum absolute atomic E-state index is 12.6. The number of fused-ring (bicyclic) bond motifs is 1. The SMILES string of the molecule is C=CCOCc1ncn2c1CN(C(=O)[C@H]1CCOC1)CCC2. The minimum absolute atomic E-state index is 0.0231. The number of rotatable bonds is 5. The first kappa shape index (κ1) is 15.2. The lowest BCUT2D eigenvalue weighted by Crippen LogP contribution is -2.36. The molecule has 1 atom stereocenters. The number of amides is 1. The Hall–Kier alpha value is -1.66. The third kappa shape index (κ3) is 3.23. The van der Waals surface area contributed by atoms with Gasteiger partial charge in [0.05, 0.1) is 50.0 Å². The van der Waals surface area contributed by atoms with Crippen molar-refractivity contribution in [2.24, 2.45) is 5.92 Å². The van der Waals surface area contributed by atoms with E-state index in [1.165, 1.54) is 0 Å². The summed E-state index contributed by atoms with van der Waals surface area (Å²) in [6, 6.07) is 0. The Morgan fingerprint density at radius 2 is 2.45 bits per heavy atom. The van der Waals surface area contributed by atoms with Crippen molar-refractivity contribution in [3.8, 4) is 0 Å². The zero-order valence-corrected chi connectivity index (χ0v) is 12.9. The van der Waals surface area contributed by atoms with Gasteiger partial charge in [-0.25, -0.2) is 4.98 Å². The number of ether oxygens (including phenoxy) is 2. The number of aromatic nitrogens is 2. The van der Waals surface area contributed by atoms with Gasteiger partial charge in [-0.05, 0) is 12.8 Å². The molecule has 3 heterocycles. The molecule has 0 bridgehead atoms. The highest BCUT2D eigenvalue weighted by atomic mass is 16.5. The van der Waals surface area contributed by atoms with Crippen molar-refractivity contribution in [1.82, 2.24) is 14.5 Å². The second kappa shape index (κ2) is 7.07. The molecule has 1 amide bonds. The molecule has 1 fully saturated rings. The molecule has 0 saturated carbocycles. The van der Waals surface area contributed by atoms with Gasteiger partial charge in [0.25, 0.3) is 0 Å². The van der Waals surface area contributed by atoms with Crippen LogP contribution in [0.5, 0.6) is 0 Å². The van der Waals surface area contributed by atoms with Crippen LogP contribution < -0.4 is 0 Å². The molecule has 6 heteroatoms. The number of nitrogens with zero attached hydrogens (tertiary/aromatic N) is 3. The van der Waals surface area contributed by atoms with Crippen LogP contribution in [-0.2, 0) is 34.0 Å². The van der Waals surface area contributed by atoms with E-state index in [2.05, 4.69) is 16.1 Å². The zero-order chi connectivity index (χ0) is 15.4. The third-order valence-corrected chi connectivity index (χ3v) is 4.27. The first-order valence-corrected chi connectivity index (χ1v) is 7.87. The first-order valence-electron chi connectivity index (χ1n) is 7.87. The van der Waals surface area contributed by atoms with Gasteiger partial charge >= 0.3 is 0 Å². The average Bonchev–Trinajstić information content (AvgIpc) is 3.13. The predicted octanol–water partition coefficient (Wildman–Crippen LogP) is 1.35. The van der Waals surface area contributed by atoms with E-state index in [4.69, 9.17) is 9.47 Å². The topological polar surface area (TPSA) is 56.6 Å². The number of carbonyl (C=O) groups excluding carboxylic acids is 1. The molecular formula is C16H23N3O3. The summed E-state index contributed by atoms with van der Waals surface area (Å²) in [6.45, 7) is 8.18. The highest BCUT2D eigenvalue weighted by Crippen LogP contribution is 2.21. The van der Waals surface area contributed by atoms with E-state index in [0.717, 1.165) is 37.3 Å². The Bertz CT molecular complexity index is 535. The molecule has 2 aliphatic heterocycles. The molecule has 0 N–H and O–H groups in total. The smallest absolute Gasteiger partial charge is 0.228 e. The zero-order valence-electron chi connectivity index (χ0n) is 12.9. The molecule has 0 aliphatic carbocycles. The van der Waals surface area contributed by atoms with E-state index < -0.39 is 0 Å². The Morgan fingerprint density at radius 1 is 1.55 bits per heavy atom. The number of hydrogen-bond donors (Lipinski definition) is 0. The molecule has 22 heavy (non-hydrogen) atoms. The third-order valence-electron chi connectivity index (χ3n) is 4.27. The summed E-state index contributed by atoms with van der Waals surface area (Å²) in [5.41, 5.74) is 2.01. The van der Waals surface area contributed by atoms with Gasteiger partial charge in [0.1, 0.15) is 0 Å². The molecule has 1 aromatic rings. The Labute approximate surface area is 130 Å². The van der Waals surface area contributed by atoms with Crippen LogP contribution in [0.25, 0.3) is 0 Å². The number of hydrogen-bond acceptors (Lipinski definition) is 4. The Balaban J connectivity index is 1.71. The van der Waals surface area contributed by atoms with Crippen LogP contribution in [0.2, 0.25) is 0 Å². The summed E-state index contributed by atoms with van der Waals surface area (Å²) in [5, 5.41) is 0. The molecule has 120 valence electrons. The summed E-state index contributed by atoms with van der Waals surface area (Å²) in [6.07, 6.45) is 5.37. The second-order valence-electron chi connectivity index (χ2n) is 5.81. The summed E-state index contributed by atoms with van der Waals surface area (Å²) >= 11 is 0. The molecule has 0 aromatic carbocycles. The van der Waals surface area contributed by atoms with Crippen LogP contribution in [0.1, 0.15) is 24.2 Å². The Kier molecular flexibility index (Phi) is 4.90. The second-order valence-corrected chi connectivity index (χ2v) is 5.81. The molecule has 1 aromatic heterocycles. The summed E-state index contributed by atoms with van der Waals surface area (Å²) in [7, 11) is 0. The van der Waals surface area contributed by atoms with Crippen molar-refractivity contribution in [1.29, 1.82) is 0 Å². The first-order chi connectivity index (χ1) is 10.8. The molecule has 0 radical (unpaired) electrons. The summed E-state index contributed by atoms with van der Waals surface area (Å²) < 4.78 is 13.0. The van der Waals surface area contributed by atoms with Crippen LogP contribution in [0, 0.1) is 5.92 Å². The van der Waals surface area contributed by atoms with Crippen LogP contribution >= 0.6 is 0 Å². The van der Waals surface area contributed by atoms with Crippen LogP contribution in [0.15, 0.2) is 19.0 Å². The van der Waals surface area contributed by atoms with Crippen molar-refractivity contribution in [3.05, 3.63) is 30.4 Å². The van der Waals surface area contributed by atoms with Crippen molar-refractivity contribution >= 4 is 5.91 Å².